The van der Waals surface area contributed by atoms with Gasteiger partial charge >= 0.3 is 5.97 Å². The van der Waals surface area contributed by atoms with Gasteiger partial charge in [0, 0.05) is 22.1 Å². The molecule has 0 aliphatic rings. The number of fused-ring (bicyclic) bond motifs is 1. The van der Waals surface area contributed by atoms with Crippen LogP contribution in [0.5, 0.6) is 5.75 Å². The summed E-state index contributed by atoms with van der Waals surface area (Å²) in [5.41, 5.74) is 9.34. The van der Waals surface area contributed by atoms with E-state index in [0.29, 0.717) is 24.5 Å². The van der Waals surface area contributed by atoms with E-state index in [2.05, 4.69) is 0 Å². The van der Waals surface area contributed by atoms with Crippen molar-refractivity contribution >= 4 is 33.9 Å². The molecule has 2 aromatic carbocycles. The van der Waals surface area contributed by atoms with Crippen molar-refractivity contribution in [3.8, 4) is 11.4 Å². The van der Waals surface area contributed by atoms with Crippen LogP contribution in [0.1, 0.15) is 22.2 Å². The minimum absolute atomic E-state index is 0.321. The largest absolute Gasteiger partial charge is 0.488 e. The van der Waals surface area contributed by atoms with E-state index in [1.807, 2.05) is 58.6 Å². The van der Waals surface area contributed by atoms with E-state index in [9.17, 15) is 4.79 Å². The Hall–Kier alpha value is -3.25. The molecule has 0 bridgehead atoms. The van der Waals surface area contributed by atoms with Crippen LogP contribution < -0.4 is 10.5 Å². The third-order valence-electron chi connectivity index (χ3n) is 4.42. The number of hydrogen-bond donors (Lipinski definition) is 1. The molecular formula is C22H20N2O3S. The molecule has 28 heavy (non-hydrogen) atoms. The van der Waals surface area contributed by atoms with Gasteiger partial charge in [0.15, 0.2) is 0 Å². The van der Waals surface area contributed by atoms with E-state index >= 15 is 0 Å². The standard InChI is InChI=1S/C22H20N2O3S/c1-2-26-22(25)15-5-7-16(8-6-15)24-13-20(23)19-12-17(9-10-21(19)24)27-14-18-4-3-11-28-18/h3-13H,2,14,23H2,1H3. The summed E-state index contributed by atoms with van der Waals surface area (Å²) in [6, 6.07) is 17.2. The maximum absolute atomic E-state index is 11.8. The number of aromatic nitrogens is 1. The van der Waals surface area contributed by atoms with Crippen molar-refractivity contribution < 1.29 is 14.3 Å². The first-order valence-corrected chi connectivity index (χ1v) is 9.87. The number of carbonyl (C=O) groups is 1. The molecule has 4 rings (SSSR count). The zero-order valence-corrected chi connectivity index (χ0v) is 16.2. The number of esters is 1. The first-order valence-electron chi connectivity index (χ1n) is 8.99. The van der Waals surface area contributed by atoms with Crippen LogP contribution in [0, 0.1) is 0 Å². The number of hydrogen-bond acceptors (Lipinski definition) is 5. The van der Waals surface area contributed by atoms with Crippen LogP contribution in [0.15, 0.2) is 66.2 Å². The normalized spacial score (nSPS) is 10.9. The van der Waals surface area contributed by atoms with E-state index in [1.54, 1.807) is 30.4 Å². The molecule has 0 aliphatic carbocycles. The molecule has 2 N–H and O–H groups in total. The second-order valence-corrected chi connectivity index (χ2v) is 7.30. The summed E-state index contributed by atoms with van der Waals surface area (Å²) in [4.78, 5) is 13.0. The molecule has 0 saturated heterocycles. The van der Waals surface area contributed by atoms with E-state index in [-0.39, 0.29) is 5.97 Å². The summed E-state index contributed by atoms with van der Waals surface area (Å²) in [6.45, 7) is 2.69. The molecule has 0 amide bonds. The Morgan fingerprint density at radius 2 is 1.96 bits per heavy atom. The fourth-order valence-electron chi connectivity index (χ4n) is 3.06. The minimum Gasteiger partial charge on any atom is -0.488 e. The third-order valence-corrected chi connectivity index (χ3v) is 5.27. The maximum Gasteiger partial charge on any atom is 0.338 e. The zero-order valence-electron chi connectivity index (χ0n) is 15.4. The number of anilines is 1. The Balaban J connectivity index is 1.60. The zero-order chi connectivity index (χ0) is 19.5. The summed E-state index contributed by atoms with van der Waals surface area (Å²) in [5, 5.41) is 2.96. The molecule has 0 fully saturated rings. The van der Waals surface area contributed by atoms with Gasteiger partial charge in [-0.25, -0.2) is 4.79 Å². The van der Waals surface area contributed by atoms with Crippen molar-refractivity contribution in [1.29, 1.82) is 0 Å². The van der Waals surface area contributed by atoms with Gasteiger partial charge in [-0.1, -0.05) is 6.07 Å². The maximum atomic E-state index is 11.8. The average Bonchev–Trinajstić information content (AvgIpc) is 3.35. The molecule has 0 spiro atoms. The molecule has 0 unspecified atom stereocenters. The average molecular weight is 392 g/mol. The molecule has 0 atom stereocenters. The topological polar surface area (TPSA) is 66.5 Å². The number of nitrogens with two attached hydrogens (primary N) is 1. The number of benzene rings is 2. The monoisotopic (exact) mass is 392 g/mol. The summed E-state index contributed by atoms with van der Waals surface area (Å²) in [7, 11) is 0. The Labute approximate surface area is 166 Å². The molecule has 0 aliphatic heterocycles. The minimum atomic E-state index is -0.321. The van der Waals surface area contributed by atoms with Gasteiger partial charge < -0.3 is 19.8 Å². The van der Waals surface area contributed by atoms with Crippen molar-refractivity contribution in [3.05, 3.63) is 76.6 Å². The summed E-state index contributed by atoms with van der Waals surface area (Å²) in [5.74, 6) is 0.460. The van der Waals surface area contributed by atoms with Crippen LogP contribution >= 0.6 is 11.3 Å². The fraction of sp³-hybridized carbons (Fsp3) is 0.136. The second kappa shape index (κ2) is 7.78. The van der Waals surface area contributed by atoms with Crippen LogP contribution in [0.3, 0.4) is 0 Å². The number of nitrogen functional groups attached to an aromatic ring is 1. The first kappa shape index (κ1) is 18.1. The third kappa shape index (κ3) is 3.59. The number of ether oxygens (including phenoxy) is 2. The van der Waals surface area contributed by atoms with Gasteiger partial charge in [0.1, 0.15) is 12.4 Å². The highest BCUT2D eigenvalue weighted by atomic mass is 32.1. The van der Waals surface area contributed by atoms with E-state index in [1.165, 1.54) is 4.88 Å². The second-order valence-electron chi connectivity index (χ2n) is 6.27. The molecule has 0 radical (unpaired) electrons. The highest BCUT2D eigenvalue weighted by molar-refractivity contribution is 7.09. The van der Waals surface area contributed by atoms with Crippen LogP contribution in [0.25, 0.3) is 16.6 Å². The smallest absolute Gasteiger partial charge is 0.338 e. The van der Waals surface area contributed by atoms with Gasteiger partial charge in [0.2, 0.25) is 0 Å². The van der Waals surface area contributed by atoms with Crippen molar-refractivity contribution in [2.24, 2.45) is 0 Å². The highest BCUT2D eigenvalue weighted by Gasteiger charge is 2.11. The predicted molar refractivity (Wildman–Crippen MR) is 112 cm³/mol. The molecule has 5 nitrogen and oxygen atoms in total. The van der Waals surface area contributed by atoms with Gasteiger partial charge in [0.05, 0.1) is 23.4 Å². The number of carbonyl (C=O) groups excluding carboxylic acids is 1. The molecule has 2 heterocycles. The Bertz CT molecular complexity index is 1100. The lowest BCUT2D eigenvalue weighted by molar-refractivity contribution is 0.0526. The van der Waals surface area contributed by atoms with Gasteiger partial charge in [-0.2, -0.15) is 0 Å². The number of thiophene rings is 1. The molecule has 2 aromatic heterocycles. The molecule has 142 valence electrons. The Morgan fingerprint density at radius 3 is 2.68 bits per heavy atom. The SMILES string of the molecule is CCOC(=O)c1ccc(-n2cc(N)c3cc(OCc4cccs4)ccc32)cc1. The summed E-state index contributed by atoms with van der Waals surface area (Å²) >= 11 is 1.67. The Kier molecular flexibility index (Phi) is 5.04. The number of rotatable bonds is 6. The quantitative estimate of drug-likeness (QED) is 0.467. The van der Waals surface area contributed by atoms with Crippen molar-refractivity contribution in [2.75, 3.05) is 12.3 Å². The lowest BCUT2D eigenvalue weighted by Crippen LogP contribution is -2.04. The van der Waals surface area contributed by atoms with Gasteiger partial charge in [-0.05, 0) is 60.8 Å². The fourth-order valence-corrected chi connectivity index (χ4v) is 3.68. The van der Waals surface area contributed by atoms with Crippen molar-refractivity contribution in [1.82, 2.24) is 4.57 Å². The molecular weight excluding hydrogens is 372 g/mol. The van der Waals surface area contributed by atoms with Crippen LogP contribution in [0.2, 0.25) is 0 Å². The molecule has 6 heteroatoms. The van der Waals surface area contributed by atoms with Gasteiger partial charge in [0.25, 0.3) is 0 Å². The molecule has 4 aromatic rings. The Morgan fingerprint density at radius 1 is 1.14 bits per heavy atom. The van der Waals surface area contributed by atoms with Crippen LogP contribution in [0.4, 0.5) is 5.69 Å². The van der Waals surface area contributed by atoms with E-state index < -0.39 is 0 Å². The summed E-state index contributed by atoms with van der Waals surface area (Å²) < 4.78 is 12.9. The van der Waals surface area contributed by atoms with Gasteiger partial charge in [-0.3, -0.25) is 0 Å². The number of nitrogens with zero attached hydrogens (tertiary/aromatic N) is 1. The van der Waals surface area contributed by atoms with Gasteiger partial charge in [-0.15, -0.1) is 11.3 Å². The first-order chi connectivity index (χ1) is 13.7. The van der Waals surface area contributed by atoms with E-state index in [0.717, 1.165) is 22.3 Å². The molecule has 0 saturated carbocycles. The lowest BCUT2D eigenvalue weighted by Gasteiger charge is -2.08. The summed E-state index contributed by atoms with van der Waals surface area (Å²) in [6.07, 6.45) is 1.88. The van der Waals surface area contributed by atoms with Crippen molar-refractivity contribution in [3.63, 3.8) is 0 Å². The highest BCUT2D eigenvalue weighted by Crippen LogP contribution is 2.30. The van der Waals surface area contributed by atoms with Crippen LogP contribution in [-0.2, 0) is 11.3 Å². The van der Waals surface area contributed by atoms with E-state index in [4.69, 9.17) is 15.2 Å². The lowest BCUT2D eigenvalue weighted by atomic mass is 10.2. The van der Waals surface area contributed by atoms with Crippen LogP contribution in [-0.4, -0.2) is 17.1 Å². The van der Waals surface area contributed by atoms with Crippen molar-refractivity contribution in [2.45, 2.75) is 13.5 Å². The predicted octanol–water partition coefficient (Wildman–Crippen LogP) is 5.03.